The maximum atomic E-state index is 14.3. The summed E-state index contributed by atoms with van der Waals surface area (Å²) in [4.78, 5) is 30.0. The van der Waals surface area contributed by atoms with Gasteiger partial charge >= 0.3 is 0 Å². The Labute approximate surface area is 184 Å². The molecule has 5 rings (SSSR count). The number of amides is 2. The number of aryl methyl sites for hydroxylation is 1. The number of halogens is 2. The van der Waals surface area contributed by atoms with Crippen LogP contribution in [0.25, 0.3) is 5.57 Å². The van der Waals surface area contributed by atoms with Gasteiger partial charge in [0.05, 0.1) is 12.1 Å². The SMILES string of the molecule is O=C1C(c2ccc(F)cc2)=C(N2CCCc3ccccc32)C(=O)N1Cc1ccccc1F. The molecule has 0 aromatic heterocycles. The Hall–Kier alpha value is -3.80. The Bertz CT molecular complexity index is 1250. The minimum Gasteiger partial charge on any atom is -0.336 e. The van der Waals surface area contributed by atoms with E-state index in [4.69, 9.17) is 0 Å². The second kappa shape index (κ2) is 8.04. The lowest BCUT2D eigenvalue weighted by Crippen LogP contribution is -2.37. The van der Waals surface area contributed by atoms with E-state index in [0.717, 1.165) is 29.0 Å². The van der Waals surface area contributed by atoms with Crippen LogP contribution in [0, 0.1) is 11.6 Å². The molecule has 0 aliphatic carbocycles. The summed E-state index contributed by atoms with van der Waals surface area (Å²) in [7, 11) is 0. The number of nitrogens with zero attached hydrogens (tertiary/aromatic N) is 2. The minimum atomic E-state index is -0.511. The molecular weight excluding hydrogens is 410 g/mol. The number of rotatable bonds is 4. The van der Waals surface area contributed by atoms with Crippen molar-refractivity contribution >= 4 is 23.1 Å². The summed E-state index contributed by atoms with van der Waals surface area (Å²) in [5, 5.41) is 0. The van der Waals surface area contributed by atoms with Gasteiger partial charge in [-0.1, -0.05) is 48.5 Å². The molecule has 32 heavy (non-hydrogen) atoms. The number of benzene rings is 3. The first kappa shape index (κ1) is 20.1. The molecule has 0 bridgehead atoms. The molecule has 2 heterocycles. The lowest BCUT2D eigenvalue weighted by molar-refractivity contribution is -0.137. The maximum Gasteiger partial charge on any atom is 0.278 e. The highest BCUT2D eigenvalue weighted by Crippen LogP contribution is 2.38. The zero-order valence-corrected chi connectivity index (χ0v) is 17.2. The first-order chi connectivity index (χ1) is 15.5. The summed E-state index contributed by atoms with van der Waals surface area (Å²) in [6.45, 7) is 0.400. The van der Waals surface area contributed by atoms with Crippen LogP contribution in [-0.4, -0.2) is 23.3 Å². The minimum absolute atomic E-state index is 0.173. The molecule has 0 N–H and O–H groups in total. The van der Waals surface area contributed by atoms with Crippen LogP contribution < -0.4 is 4.90 Å². The highest BCUT2D eigenvalue weighted by Gasteiger charge is 2.42. The molecule has 160 valence electrons. The molecule has 3 aromatic rings. The fourth-order valence-electron chi connectivity index (χ4n) is 4.40. The molecule has 2 aliphatic heterocycles. The monoisotopic (exact) mass is 430 g/mol. The van der Waals surface area contributed by atoms with E-state index < -0.39 is 23.4 Å². The quantitative estimate of drug-likeness (QED) is 0.564. The zero-order valence-electron chi connectivity index (χ0n) is 17.2. The molecule has 0 spiro atoms. The number of fused-ring (bicyclic) bond motifs is 1. The van der Waals surface area contributed by atoms with Crippen LogP contribution in [0.1, 0.15) is 23.1 Å². The van der Waals surface area contributed by atoms with Gasteiger partial charge < -0.3 is 4.90 Å². The van der Waals surface area contributed by atoms with Gasteiger partial charge in [-0.05, 0) is 48.2 Å². The summed E-state index contributed by atoms with van der Waals surface area (Å²) in [5.74, 6) is -1.90. The largest absolute Gasteiger partial charge is 0.336 e. The lowest BCUT2D eigenvalue weighted by atomic mass is 9.98. The molecule has 0 saturated carbocycles. The number of hydrogen-bond acceptors (Lipinski definition) is 3. The Morgan fingerprint density at radius 2 is 1.53 bits per heavy atom. The Morgan fingerprint density at radius 3 is 2.31 bits per heavy atom. The van der Waals surface area contributed by atoms with E-state index in [1.54, 1.807) is 18.2 Å². The van der Waals surface area contributed by atoms with Gasteiger partial charge in [-0.3, -0.25) is 14.5 Å². The van der Waals surface area contributed by atoms with Crippen LogP contribution in [0.3, 0.4) is 0 Å². The van der Waals surface area contributed by atoms with Gasteiger partial charge in [0.1, 0.15) is 17.3 Å². The topological polar surface area (TPSA) is 40.6 Å². The van der Waals surface area contributed by atoms with Crippen LogP contribution in [0.5, 0.6) is 0 Å². The third-order valence-corrected chi connectivity index (χ3v) is 5.94. The van der Waals surface area contributed by atoms with Crippen molar-refractivity contribution < 1.29 is 18.4 Å². The van der Waals surface area contributed by atoms with Crippen molar-refractivity contribution in [3.05, 3.63) is 107 Å². The van der Waals surface area contributed by atoms with E-state index in [2.05, 4.69) is 0 Å². The van der Waals surface area contributed by atoms with E-state index in [1.165, 1.54) is 30.3 Å². The van der Waals surface area contributed by atoms with Gasteiger partial charge in [0.25, 0.3) is 11.8 Å². The second-order valence-electron chi connectivity index (χ2n) is 7.90. The lowest BCUT2D eigenvalue weighted by Gasteiger charge is -2.32. The first-order valence-corrected chi connectivity index (χ1v) is 10.5. The van der Waals surface area contributed by atoms with E-state index in [9.17, 15) is 18.4 Å². The molecule has 2 amide bonds. The van der Waals surface area contributed by atoms with Crippen molar-refractivity contribution in [3.8, 4) is 0 Å². The van der Waals surface area contributed by atoms with E-state index in [0.29, 0.717) is 12.1 Å². The van der Waals surface area contributed by atoms with Crippen LogP contribution in [0.15, 0.2) is 78.5 Å². The van der Waals surface area contributed by atoms with E-state index in [-0.39, 0.29) is 23.4 Å². The normalized spacial score (nSPS) is 16.1. The molecule has 0 unspecified atom stereocenters. The standard InChI is InChI=1S/C26H20F2N2O2/c27-20-13-11-18(12-14-20)23-24(29-15-5-8-17-6-2-4-10-22(17)29)26(32)30(25(23)31)16-19-7-1-3-9-21(19)28/h1-4,6-7,9-14H,5,8,15-16H2. The Kier molecular flexibility index (Phi) is 5.05. The molecule has 2 aliphatic rings. The van der Waals surface area contributed by atoms with Crippen LogP contribution in [0.2, 0.25) is 0 Å². The molecular formula is C26H20F2N2O2. The average molecular weight is 430 g/mol. The summed E-state index contributed by atoms with van der Waals surface area (Å²) >= 11 is 0. The number of hydrogen-bond donors (Lipinski definition) is 0. The Balaban J connectivity index is 1.63. The zero-order chi connectivity index (χ0) is 22.2. The van der Waals surface area contributed by atoms with E-state index >= 15 is 0 Å². The fraction of sp³-hybridized carbons (Fsp3) is 0.154. The number of carbonyl (C=O) groups excluding carboxylic acids is 2. The van der Waals surface area contributed by atoms with Gasteiger partial charge in [-0.25, -0.2) is 8.78 Å². The Morgan fingerprint density at radius 1 is 0.812 bits per heavy atom. The first-order valence-electron chi connectivity index (χ1n) is 10.5. The van der Waals surface area contributed by atoms with Gasteiger partial charge in [-0.15, -0.1) is 0 Å². The van der Waals surface area contributed by atoms with Crippen LogP contribution in [0.4, 0.5) is 14.5 Å². The molecule has 0 saturated heterocycles. The maximum absolute atomic E-state index is 14.3. The summed E-state index contributed by atoms with van der Waals surface area (Å²) in [5.41, 5.74) is 3.15. The average Bonchev–Trinajstić information content (AvgIpc) is 3.05. The van der Waals surface area contributed by atoms with Gasteiger partial charge in [0.15, 0.2) is 0 Å². The fourth-order valence-corrected chi connectivity index (χ4v) is 4.40. The molecule has 0 fully saturated rings. The predicted molar refractivity (Wildman–Crippen MR) is 117 cm³/mol. The molecule has 4 nitrogen and oxygen atoms in total. The van der Waals surface area contributed by atoms with Crippen molar-refractivity contribution in [2.45, 2.75) is 19.4 Å². The highest BCUT2D eigenvalue weighted by atomic mass is 19.1. The smallest absolute Gasteiger partial charge is 0.278 e. The highest BCUT2D eigenvalue weighted by molar-refractivity contribution is 6.36. The van der Waals surface area contributed by atoms with Crippen LogP contribution in [-0.2, 0) is 22.6 Å². The number of imide groups is 1. The number of anilines is 1. The van der Waals surface area contributed by atoms with Crippen molar-refractivity contribution in [1.82, 2.24) is 4.90 Å². The van der Waals surface area contributed by atoms with Gasteiger partial charge in [0, 0.05) is 17.8 Å². The molecule has 6 heteroatoms. The van der Waals surface area contributed by atoms with Crippen molar-refractivity contribution in [2.24, 2.45) is 0 Å². The van der Waals surface area contributed by atoms with Crippen LogP contribution >= 0.6 is 0 Å². The van der Waals surface area contributed by atoms with Crippen molar-refractivity contribution in [1.29, 1.82) is 0 Å². The van der Waals surface area contributed by atoms with E-state index in [1.807, 2.05) is 29.2 Å². The number of carbonyl (C=O) groups is 2. The second-order valence-corrected chi connectivity index (χ2v) is 7.90. The number of para-hydroxylation sites is 1. The predicted octanol–water partition coefficient (Wildman–Crippen LogP) is 4.70. The molecule has 3 aromatic carbocycles. The molecule has 0 atom stereocenters. The van der Waals surface area contributed by atoms with Crippen molar-refractivity contribution in [3.63, 3.8) is 0 Å². The van der Waals surface area contributed by atoms with Gasteiger partial charge in [-0.2, -0.15) is 0 Å². The van der Waals surface area contributed by atoms with Gasteiger partial charge in [0.2, 0.25) is 0 Å². The summed E-state index contributed by atoms with van der Waals surface area (Å²) in [6, 6.07) is 19.4. The summed E-state index contributed by atoms with van der Waals surface area (Å²) in [6.07, 6.45) is 1.71. The third kappa shape index (κ3) is 3.38. The summed E-state index contributed by atoms with van der Waals surface area (Å²) < 4.78 is 27.9. The molecule has 0 radical (unpaired) electrons. The third-order valence-electron chi connectivity index (χ3n) is 5.94. The van der Waals surface area contributed by atoms with Crippen molar-refractivity contribution in [2.75, 3.05) is 11.4 Å².